The summed E-state index contributed by atoms with van der Waals surface area (Å²) < 4.78 is 2.37. The Morgan fingerprint density at radius 3 is 1.29 bits per heavy atom. The van der Waals surface area contributed by atoms with Crippen LogP contribution in [0.5, 0.6) is 11.5 Å². The molecule has 6 aromatic carbocycles. The smallest absolute Gasteiger partial charge is 0.871 e. The van der Waals surface area contributed by atoms with Gasteiger partial charge in [0.25, 0.3) is 10.0 Å². The van der Waals surface area contributed by atoms with E-state index in [1.165, 1.54) is 31.7 Å². The van der Waals surface area contributed by atoms with Crippen molar-refractivity contribution in [1.82, 2.24) is 0 Å². The van der Waals surface area contributed by atoms with E-state index in [1.807, 2.05) is 72.8 Å². The van der Waals surface area contributed by atoms with Crippen molar-refractivity contribution >= 4 is 74.8 Å². The number of nitrogens with one attached hydrogen (secondary N) is 2. The number of rotatable bonds is 2. The van der Waals surface area contributed by atoms with Gasteiger partial charge in [0.2, 0.25) is 11.0 Å². The summed E-state index contributed by atoms with van der Waals surface area (Å²) in [5, 5.41) is 30.8. The Kier molecular flexibility index (Phi) is 8.15. The molecule has 8 aromatic rings. The van der Waals surface area contributed by atoms with Crippen molar-refractivity contribution in [1.29, 1.82) is 0 Å². The molecule has 0 fully saturated rings. The van der Waals surface area contributed by atoms with Crippen LogP contribution in [0.3, 0.4) is 0 Å². The molecule has 2 heterocycles. The molecule has 7 heteroatoms. The van der Waals surface area contributed by atoms with Crippen molar-refractivity contribution in [2.75, 3.05) is 0 Å². The van der Waals surface area contributed by atoms with Gasteiger partial charge < -0.3 is 10.2 Å². The number of aromatic nitrogens is 2. The molecule has 2 N–H and O–H groups in total. The molecule has 0 aliphatic heterocycles. The van der Waals surface area contributed by atoms with Crippen LogP contribution in [0.25, 0.3) is 63.1 Å². The molecule has 0 saturated heterocycles. The maximum Gasteiger partial charge on any atom is 2.00 e. The molecule has 0 atom stereocenters. The van der Waals surface area contributed by atoms with Crippen molar-refractivity contribution in [2.24, 2.45) is 0 Å². The summed E-state index contributed by atoms with van der Waals surface area (Å²) in [6, 6.07) is 32.0. The Labute approximate surface area is 273 Å². The van der Waals surface area contributed by atoms with Gasteiger partial charge in [-0.2, -0.15) is 9.97 Å². The zero-order valence-electron chi connectivity index (χ0n) is 25.6. The third-order valence-electron chi connectivity index (χ3n) is 8.36. The summed E-state index contributed by atoms with van der Waals surface area (Å²) in [6.45, 7) is 8.44. The molecule has 0 amide bonds. The summed E-state index contributed by atoms with van der Waals surface area (Å²) in [4.78, 5) is 6.81. The molecule has 0 radical (unpaired) electrons. The first-order valence-electron chi connectivity index (χ1n) is 14.5. The standard InChI is InChI=1S/2C19H15NOS.Be/c2*1-11-9-16-17(10-12(11)2)22-19(20-16)15-8-7-13-5-3-4-6-14(13)18(15)21;/h2*3-10,21H,1-2H3;/q;;+2. The van der Waals surface area contributed by atoms with E-state index in [2.05, 4.69) is 61.9 Å². The largest absolute Gasteiger partial charge is 2.00 e. The van der Waals surface area contributed by atoms with Gasteiger partial charge in [-0.3, -0.25) is 0 Å². The summed E-state index contributed by atoms with van der Waals surface area (Å²) in [5.74, 6) is 0.184. The number of aromatic amines is 2. The van der Waals surface area contributed by atoms with Gasteiger partial charge in [-0.15, -0.1) is 0 Å². The van der Waals surface area contributed by atoms with Gasteiger partial charge in [-0.25, -0.2) is 0 Å². The number of H-pyrrole nitrogens is 2. The summed E-state index contributed by atoms with van der Waals surface area (Å²) in [7, 11) is 0. The third-order valence-corrected chi connectivity index (χ3v) is 10.5. The predicted octanol–water partition coefficient (Wildman–Crippen LogP) is 8.07. The van der Waals surface area contributed by atoms with E-state index in [1.54, 1.807) is 22.7 Å². The van der Waals surface area contributed by atoms with Gasteiger partial charge in [-0.1, -0.05) is 94.8 Å². The first-order valence-corrected chi connectivity index (χ1v) is 16.1. The molecule has 0 unspecified atom stereocenters. The second-order valence-electron chi connectivity index (χ2n) is 11.3. The molecule has 4 nitrogen and oxygen atoms in total. The monoisotopic (exact) mass is 619 g/mol. The van der Waals surface area contributed by atoms with Gasteiger partial charge >= 0.3 is 10.1 Å². The van der Waals surface area contributed by atoms with E-state index in [0.29, 0.717) is 0 Å². The predicted molar refractivity (Wildman–Crippen MR) is 186 cm³/mol. The minimum atomic E-state index is 0. The van der Waals surface area contributed by atoms with E-state index in [4.69, 9.17) is 0 Å². The zero-order valence-corrected chi connectivity index (χ0v) is 27.2. The maximum absolute atomic E-state index is 12.7. The van der Waals surface area contributed by atoms with E-state index >= 15 is 0 Å². The second kappa shape index (κ2) is 12.1. The SMILES string of the molecule is Cc1cc2[nH+]c(-c3ccc4ccccc4c3[O-])sc2cc1C.Cc1cc2[nH+]c(-c3ccc4ccccc4c3[O-])sc2cc1C.[Be+2]. The topological polar surface area (TPSA) is 74.4 Å². The number of hydrogen-bond donors (Lipinski definition) is 0. The van der Waals surface area contributed by atoms with Crippen LogP contribution in [0, 0.1) is 27.7 Å². The van der Waals surface area contributed by atoms with Crippen molar-refractivity contribution < 1.29 is 20.2 Å². The first-order chi connectivity index (χ1) is 21.3. The Bertz CT molecular complexity index is 2130. The summed E-state index contributed by atoms with van der Waals surface area (Å²) >= 11 is 3.28. The molecule has 45 heavy (non-hydrogen) atoms. The van der Waals surface area contributed by atoms with Crippen molar-refractivity contribution in [3.8, 4) is 32.6 Å². The summed E-state index contributed by atoms with van der Waals surface area (Å²) in [6.07, 6.45) is 0. The van der Waals surface area contributed by atoms with Gasteiger partial charge in [0.05, 0.1) is 11.1 Å². The number of aryl methyl sites for hydroxylation is 4. The van der Waals surface area contributed by atoms with Crippen LogP contribution in [-0.2, 0) is 0 Å². The van der Waals surface area contributed by atoms with Crippen molar-refractivity contribution in [3.05, 3.63) is 119 Å². The molecule has 0 bridgehead atoms. The quantitative estimate of drug-likeness (QED) is 0.184. The number of fused-ring (bicyclic) bond motifs is 4. The van der Waals surface area contributed by atoms with Crippen molar-refractivity contribution in [2.45, 2.75) is 27.7 Å². The zero-order chi connectivity index (χ0) is 30.5. The summed E-state index contributed by atoms with van der Waals surface area (Å²) in [5.41, 5.74) is 8.74. The molecule has 216 valence electrons. The first kappa shape index (κ1) is 30.4. The molecular formula is C38H30BeN2O2S2+2. The van der Waals surface area contributed by atoms with E-state index in [-0.39, 0.29) is 21.6 Å². The Hall–Kier alpha value is -4.61. The van der Waals surface area contributed by atoms with E-state index in [0.717, 1.165) is 53.7 Å². The van der Waals surface area contributed by atoms with Crippen LogP contribution in [0.4, 0.5) is 0 Å². The average molecular weight is 620 g/mol. The Morgan fingerprint density at radius 1 is 0.489 bits per heavy atom. The Morgan fingerprint density at radius 2 is 0.867 bits per heavy atom. The molecule has 2 aromatic heterocycles. The van der Waals surface area contributed by atoms with Crippen LogP contribution in [0.1, 0.15) is 22.3 Å². The van der Waals surface area contributed by atoms with Crippen LogP contribution in [0.15, 0.2) is 97.1 Å². The van der Waals surface area contributed by atoms with Gasteiger partial charge in [0.15, 0.2) is 0 Å². The van der Waals surface area contributed by atoms with Crippen LogP contribution >= 0.6 is 22.7 Å². The molecule has 0 saturated carbocycles. The molecule has 0 aliphatic carbocycles. The van der Waals surface area contributed by atoms with Gasteiger partial charge in [0, 0.05) is 12.1 Å². The molecule has 8 rings (SSSR count). The van der Waals surface area contributed by atoms with E-state index < -0.39 is 0 Å². The number of thiazole rings is 2. The molecular weight excluding hydrogens is 590 g/mol. The second-order valence-corrected chi connectivity index (χ2v) is 13.4. The van der Waals surface area contributed by atoms with Gasteiger partial charge in [-0.05, 0) is 95.8 Å². The van der Waals surface area contributed by atoms with E-state index in [9.17, 15) is 10.2 Å². The number of benzene rings is 6. The molecule has 0 aliphatic rings. The maximum atomic E-state index is 12.7. The fourth-order valence-electron chi connectivity index (χ4n) is 5.55. The number of hydrogen-bond acceptors (Lipinski definition) is 4. The Balaban J connectivity index is 0.000000155. The minimum Gasteiger partial charge on any atom is -0.871 e. The fraction of sp³-hybridized carbons (Fsp3) is 0.105. The average Bonchev–Trinajstić information content (AvgIpc) is 3.62. The van der Waals surface area contributed by atoms with Crippen LogP contribution < -0.4 is 20.2 Å². The van der Waals surface area contributed by atoms with Crippen LogP contribution in [-0.4, -0.2) is 10.1 Å². The molecule has 0 spiro atoms. The van der Waals surface area contributed by atoms with Gasteiger partial charge in [0.1, 0.15) is 9.40 Å². The van der Waals surface area contributed by atoms with Crippen molar-refractivity contribution in [3.63, 3.8) is 0 Å². The third kappa shape index (κ3) is 5.57. The fourth-order valence-corrected chi connectivity index (χ4v) is 7.76. The normalized spacial score (nSPS) is 11.1. The minimum absolute atomic E-state index is 0. The van der Waals surface area contributed by atoms with Crippen LogP contribution in [0.2, 0.25) is 0 Å².